The van der Waals surface area contributed by atoms with E-state index in [1.165, 1.54) is 0 Å². The van der Waals surface area contributed by atoms with Crippen molar-refractivity contribution < 1.29 is 9.53 Å². The fourth-order valence-corrected chi connectivity index (χ4v) is 2.82. The number of benzene rings is 1. The molecule has 0 spiro atoms. The molecule has 124 valence electrons. The third kappa shape index (κ3) is 3.11. The summed E-state index contributed by atoms with van der Waals surface area (Å²) in [6, 6.07) is 9.11. The van der Waals surface area contributed by atoms with Crippen molar-refractivity contribution in [3.8, 4) is 11.8 Å². The molecule has 1 aromatic heterocycles. The largest absolute Gasteiger partial charge is 0.479 e. The minimum atomic E-state index is -0.617. The predicted molar refractivity (Wildman–Crippen MR) is 88.1 cm³/mol. The zero-order chi connectivity index (χ0) is 17.1. The molecule has 2 heterocycles. The lowest BCUT2D eigenvalue weighted by molar-refractivity contribution is -0.142. The fraction of sp³-hybridized carbons (Fsp3) is 0.389. The topological polar surface area (TPSA) is 71.2 Å². The summed E-state index contributed by atoms with van der Waals surface area (Å²) in [4.78, 5) is 18.9. The Bertz CT molecular complexity index is 775. The number of carbonyl (C=O) groups excluding carboxylic acids is 1. The molecule has 1 aromatic carbocycles. The number of aromatic nitrogens is 2. The van der Waals surface area contributed by atoms with Crippen LogP contribution in [0.25, 0.3) is 0 Å². The molecule has 0 aliphatic carbocycles. The molecular weight excluding hydrogens is 304 g/mol. The maximum atomic E-state index is 13.0. The standard InChI is InChI=1S/C18H20N4O2/c1-13(2)17(24-16-6-4-3-5-14(16)9-19)18(23)21-7-8-22-12-20-10-15(22)11-21/h3-6,10,12-13,17H,7-8,11H2,1-2H3. The average molecular weight is 324 g/mol. The van der Waals surface area contributed by atoms with E-state index in [0.717, 1.165) is 12.2 Å². The second-order valence-corrected chi connectivity index (χ2v) is 6.23. The summed E-state index contributed by atoms with van der Waals surface area (Å²) in [6.45, 7) is 5.80. The molecule has 0 saturated carbocycles. The molecule has 24 heavy (non-hydrogen) atoms. The second-order valence-electron chi connectivity index (χ2n) is 6.23. The Labute approximate surface area is 141 Å². The summed E-state index contributed by atoms with van der Waals surface area (Å²) in [6.07, 6.45) is 2.96. The van der Waals surface area contributed by atoms with Gasteiger partial charge in [0.25, 0.3) is 5.91 Å². The summed E-state index contributed by atoms with van der Waals surface area (Å²) in [5.41, 5.74) is 1.46. The molecule has 0 fully saturated rings. The average Bonchev–Trinajstić information content (AvgIpc) is 3.06. The van der Waals surface area contributed by atoms with Crippen LogP contribution >= 0.6 is 0 Å². The van der Waals surface area contributed by atoms with Crippen LogP contribution in [0.3, 0.4) is 0 Å². The number of fused-ring (bicyclic) bond motifs is 1. The summed E-state index contributed by atoms with van der Waals surface area (Å²) < 4.78 is 8.00. The first-order chi connectivity index (χ1) is 11.6. The van der Waals surface area contributed by atoms with Gasteiger partial charge in [-0.2, -0.15) is 5.26 Å². The van der Waals surface area contributed by atoms with Crippen molar-refractivity contribution in [2.24, 2.45) is 5.92 Å². The zero-order valence-corrected chi connectivity index (χ0v) is 13.8. The Kier molecular flexibility index (Phi) is 4.52. The van der Waals surface area contributed by atoms with E-state index in [2.05, 4.69) is 15.6 Å². The van der Waals surface area contributed by atoms with Gasteiger partial charge in [-0.05, 0) is 18.1 Å². The number of nitrogens with zero attached hydrogens (tertiary/aromatic N) is 4. The number of hydrogen-bond acceptors (Lipinski definition) is 4. The number of hydrogen-bond donors (Lipinski definition) is 0. The van der Waals surface area contributed by atoms with Crippen LogP contribution < -0.4 is 4.74 Å². The van der Waals surface area contributed by atoms with Crippen LogP contribution in [0.5, 0.6) is 5.75 Å². The molecule has 6 nitrogen and oxygen atoms in total. The maximum Gasteiger partial charge on any atom is 0.264 e. The van der Waals surface area contributed by atoms with Gasteiger partial charge in [-0.25, -0.2) is 4.98 Å². The lowest BCUT2D eigenvalue weighted by Gasteiger charge is -2.32. The van der Waals surface area contributed by atoms with E-state index in [4.69, 9.17) is 4.74 Å². The number of imidazole rings is 1. The number of nitriles is 1. The second kappa shape index (κ2) is 6.75. The highest BCUT2D eigenvalue weighted by Crippen LogP contribution is 2.23. The quantitative estimate of drug-likeness (QED) is 0.864. The molecule has 1 aliphatic heterocycles. The fourth-order valence-electron chi connectivity index (χ4n) is 2.82. The van der Waals surface area contributed by atoms with Crippen LogP contribution in [0.1, 0.15) is 25.1 Å². The Morgan fingerprint density at radius 3 is 2.88 bits per heavy atom. The van der Waals surface area contributed by atoms with Gasteiger partial charge in [0.05, 0.1) is 24.1 Å². The molecule has 1 aliphatic rings. The third-order valence-corrected chi connectivity index (χ3v) is 4.18. The number of para-hydroxylation sites is 1. The number of ether oxygens (including phenoxy) is 1. The van der Waals surface area contributed by atoms with Crippen molar-refractivity contribution in [2.45, 2.75) is 33.0 Å². The smallest absolute Gasteiger partial charge is 0.264 e. The summed E-state index contributed by atoms with van der Waals surface area (Å²) in [7, 11) is 0. The SMILES string of the molecule is CC(C)C(Oc1ccccc1C#N)C(=O)N1CCn2cncc2C1. The van der Waals surface area contributed by atoms with Crippen LogP contribution in [0.15, 0.2) is 36.8 Å². The van der Waals surface area contributed by atoms with Gasteiger partial charge in [-0.3, -0.25) is 4.79 Å². The van der Waals surface area contributed by atoms with Gasteiger partial charge in [0.1, 0.15) is 11.8 Å². The van der Waals surface area contributed by atoms with E-state index >= 15 is 0 Å². The van der Waals surface area contributed by atoms with Crippen molar-refractivity contribution in [1.82, 2.24) is 14.5 Å². The molecule has 0 N–H and O–H groups in total. The van der Waals surface area contributed by atoms with E-state index in [-0.39, 0.29) is 11.8 Å². The van der Waals surface area contributed by atoms with Crippen LogP contribution in [0.4, 0.5) is 0 Å². The first-order valence-corrected chi connectivity index (χ1v) is 8.03. The summed E-state index contributed by atoms with van der Waals surface area (Å²) >= 11 is 0. The maximum absolute atomic E-state index is 13.0. The zero-order valence-electron chi connectivity index (χ0n) is 13.8. The molecule has 0 radical (unpaired) electrons. The molecule has 0 bridgehead atoms. The Morgan fingerprint density at radius 1 is 1.33 bits per heavy atom. The highest BCUT2D eigenvalue weighted by Gasteiger charge is 2.31. The third-order valence-electron chi connectivity index (χ3n) is 4.18. The summed E-state index contributed by atoms with van der Waals surface area (Å²) in [5, 5.41) is 9.21. The minimum Gasteiger partial charge on any atom is -0.479 e. The van der Waals surface area contributed by atoms with Crippen molar-refractivity contribution in [3.63, 3.8) is 0 Å². The Hall–Kier alpha value is -2.81. The molecule has 6 heteroatoms. The first kappa shape index (κ1) is 16.1. The lowest BCUT2D eigenvalue weighted by Crippen LogP contribution is -2.47. The normalized spacial score (nSPS) is 14.8. The van der Waals surface area contributed by atoms with Crippen LogP contribution in [-0.2, 0) is 17.9 Å². The van der Waals surface area contributed by atoms with Crippen molar-refractivity contribution >= 4 is 5.91 Å². The van der Waals surface area contributed by atoms with Gasteiger partial charge >= 0.3 is 0 Å². The number of rotatable bonds is 4. The Balaban J connectivity index is 1.79. The molecule has 3 rings (SSSR count). The van der Waals surface area contributed by atoms with Crippen molar-refractivity contribution in [1.29, 1.82) is 5.26 Å². The number of amides is 1. The molecule has 0 saturated heterocycles. The van der Waals surface area contributed by atoms with E-state index < -0.39 is 6.10 Å². The van der Waals surface area contributed by atoms with E-state index in [9.17, 15) is 10.1 Å². The van der Waals surface area contributed by atoms with Crippen LogP contribution in [0.2, 0.25) is 0 Å². The molecule has 1 atom stereocenters. The van der Waals surface area contributed by atoms with Gasteiger partial charge in [0.15, 0.2) is 6.10 Å². The molecular formula is C18H20N4O2. The predicted octanol–water partition coefficient (Wildman–Crippen LogP) is 2.20. The van der Waals surface area contributed by atoms with Crippen molar-refractivity contribution in [3.05, 3.63) is 48.0 Å². The monoisotopic (exact) mass is 324 g/mol. The van der Waals surface area contributed by atoms with Gasteiger partial charge in [0.2, 0.25) is 0 Å². The highest BCUT2D eigenvalue weighted by atomic mass is 16.5. The van der Waals surface area contributed by atoms with Gasteiger partial charge < -0.3 is 14.2 Å². The van der Waals surface area contributed by atoms with Crippen LogP contribution in [0, 0.1) is 17.2 Å². The van der Waals surface area contributed by atoms with Gasteiger partial charge in [-0.1, -0.05) is 26.0 Å². The van der Waals surface area contributed by atoms with Gasteiger partial charge in [0, 0.05) is 19.3 Å². The van der Waals surface area contributed by atoms with E-state index in [1.807, 2.05) is 13.8 Å². The highest BCUT2D eigenvalue weighted by molar-refractivity contribution is 5.81. The van der Waals surface area contributed by atoms with Crippen molar-refractivity contribution in [2.75, 3.05) is 6.54 Å². The number of carbonyl (C=O) groups is 1. The van der Waals surface area contributed by atoms with Gasteiger partial charge in [-0.15, -0.1) is 0 Å². The minimum absolute atomic E-state index is 0.00362. The van der Waals surface area contributed by atoms with E-state index in [1.54, 1.807) is 41.7 Å². The molecule has 2 aromatic rings. The van der Waals surface area contributed by atoms with E-state index in [0.29, 0.717) is 24.4 Å². The molecule has 1 amide bonds. The first-order valence-electron chi connectivity index (χ1n) is 8.03. The summed E-state index contributed by atoms with van der Waals surface area (Å²) in [5.74, 6) is 0.399. The lowest BCUT2D eigenvalue weighted by atomic mass is 10.0. The molecule has 1 unspecified atom stereocenters. The van der Waals surface area contributed by atoms with Crippen LogP contribution in [-0.4, -0.2) is 33.0 Å². The Morgan fingerprint density at radius 2 is 2.12 bits per heavy atom.